The number of ether oxygens (including phenoxy) is 1. The minimum Gasteiger partial charge on any atom is -0.378 e. The standard InChI is InChI=1S/C14H21FN2O/c1-2-18-13-6-10(7-13)8-14(17-16)11-4-3-5-12(15)9-11/h3-5,9-10,13-14,17H,2,6-8,16H2,1H3. The molecule has 1 saturated carbocycles. The van der Waals surface area contributed by atoms with E-state index >= 15 is 0 Å². The molecule has 0 radical (unpaired) electrons. The molecule has 2 rings (SSSR count). The van der Waals surface area contributed by atoms with Crippen LogP contribution in [-0.2, 0) is 4.74 Å². The summed E-state index contributed by atoms with van der Waals surface area (Å²) in [4.78, 5) is 0. The summed E-state index contributed by atoms with van der Waals surface area (Å²) in [5.41, 5.74) is 3.70. The monoisotopic (exact) mass is 252 g/mol. The molecule has 100 valence electrons. The first-order chi connectivity index (χ1) is 8.72. The van der Waals surface area contributed by atoms with E-state index in [9.17, 15) is 4.39 Å². The molecule has 1 unspecified atom stereocenters. The van der Waals surface area contributed by atoms with Crippen molar-refractivity contribution >= 4 is 0 Å². The molecule has 0 saturated heterocycles. The Morgan fingerprint density at radius 1 is 1.50 bits per heavy atom. The Kier molecular flexibility index (Phi) is 4.69. The number of hydrazine groups is 1. The maximum atomic E-state index is 13.2. The molecule has 0 aliphatic heterocycles. The van der Waals surface area contributed by atoms with Crippen LogP contribution in [0.15, 0.2) is 24.3 Å². The second-order valence-corrected chi connectivity index (χ2v) is 4.92. The molecule has 4 heteroatoms. The summed E-state index contributed by atoms with van der Waals surface area (Å²) < 4.78 is 18.7. The minimum atomic E-state index is -0.214. The summed E-state index contributed by atoms with van der Waals surface area (Å²) in [6.07, 6.45) is 3.51. The van der Waals surface area contributed by atoms with E-state index in [1.54, 1.807) is 12.1 Å². The molecule has 0 spiro atoms. The third-order valence-electron chi connectivity index (χ3n) is 3.62. The van der Waals surface area contributed by atoms with E-state index in [0.29, 0.717) is 12.0 Å². The number of rotatable bonds is 6. The van der Waals surface area contributed by atoms with Gasteiger partial charge < -0.3 is 4.74 Å². The molecule has 3 nitrogen and oxygen atoms in total. The van der Waals surface area contributed by atoms with E-state index in [1.807, 2.05) is 13.0 Å². The zero-order chi connectivity index (χ0) is 13.0. The van der Waals surface area contributed by atoms with Gasteiger partial charge in [-0.05, 0) is 49.8 Å². The number of halogens is 1. The Bertz CT molecular complexity index is 380. The average Bonchev–Trinajstić information content (AvgIpc) is 2.32. The fourth-order valence-corrected chi connectivity index (χ4v) is 2.60. The lowest BCUT2D eigenvalue weighted by atomic mass is 9.77. The normalized spacial score (nSPS) is 24.6. The highest BCUT2D eigenvalue weighted by Gasteiger charge is 2.31. The Balaban J connectivity index is 1.87. The Morgan fingerprint density at radius 2 is 2.28 bits per heavy atom. The van der Waals surface area contributed by atoms with Gasteiger partial charge in [0.2, 0.25) is 0 Å². The van der Waals surface area contributed by atoms with Crippen molar-refractivity contribution in [2.24, 2.45) is 11.8 Å². The van der Waals surface area contributed by atoms with Crippen LogP contribution in [0.1, 0.15) is 37.8 Å². The van der Waals surface area contributed by atoms with E-state index in [4.69, 9.17) is 10.6 Å². The van der Waals surface area contributed by atoms with E-state index in [1.165, 1.54) is 6.07 Å². The van der Waals surface area contributed by atoms with Crippen LogP contribution in [0, 0.1) is 11.7 Å². The largest absolute Gasteiger partial charge is 0.378 e. The van der Waals surface area contributed by atoms with Crippen molar-refractivity contribution in [1.29, 1.82) is 0 Å². The van der Waals surface area contributed by atoms with Gasteiger partial charge >= 0.3 is 0 Å². The first-order valence-corrected chi connectivity index (χ1v) is 6.56. The van der Waals surface area contributed by atoms with Crippen LogP contribution < -0.4 is 11.3 Å². The molecule has 1 fully saturated rings. The summed E-state index contributed by atoms with van der Waals surface area (Å²) in [6, 6.07) is 6.65. The van der Waals surface area contributed by atoms with Crippen LogP contribution in [0.5, 0.6) is 0 Å². The Morgan fingerprint density at radius 3 is 2.89 bits per heavy atom. The number of benzene rings is 1. The maximum absolute atomic E-state index is 13.2. The zero-order valence-electron chi connectivity index (χ0n) is 10.7. The Hall–Kier alpha value is -0.970. The van der Waals surface area contributed by atoms with Gasteiger partial charge in [0.25, 0.3) is 0 Å². The predicted molar refractivity (Wildman–Crippen MR) is 69.2 cm³/mol. The van der Waals surface area contributed by atoms with Gasteiger partial charge in [-0.2, -0.15) is 0 Å². The third-order valence-corrected chi connectivity index (χ3v) is 3.62. The van der Waals surface area contributed by atoms with Crippen molar-refractivity contribution in [1.82, 2.24) is 5.43 Å². The second kappa shape index (κ2) is 6.27. The van der Waals surface area contributed by atoms with Gasteiger partial charge in [-0.1, -0.05) is 12.1 Å². The van der Waals surface area contributed by atoms with E-state index in [0.717, 1.165) is 31.4 Å². The highest BCUT2D eigenvalue weighted by Crippen LogP contribution is 2.36. The van der Waals surface area contributed by atoms with E-state index < -0.39 is 0 Å². The third kappa shape index (κ3) is 3.28. The van der Waals surface area contributed by atoms with E-state index in [-0.39, 0.29) is 11.9 Å². The molecule has 0 heterocycles. The fourth-order valence-electron chi connectivity index (χ4n) is 2.60. The second-order valence-electron chi connectivity index (χ2n) is 4.92. The molecule has 3 N–H and O–H groups in total. The van der Waals surface area contributed by atoms with Gasteiger partial charge in [0, 0.05) is 12.6 Å². The Labute approximate surface area is 107 Å². The van der Waals surface area contributed by atoms with Crippen LogP contribution in [0.25, 0.3) is 0 Å². The summed E-state index contributed by atoms with van der Waals surface area (Å²) in [5.74, 6) is 5.97. The molecule has 1 aromatic rings. The quantitative estimate of drug-likeness (QED) is 0.604. The van der Waals surface area contributed by atoms with Crippen LogP contribution in [0.4, 0.5) is 4.39 Å². The molecule has 18 heavy (non-hydrogen) atoms. The highest BCUT2D eigenvalue weighted by atomic mass is 19.1. The first-order valence-electron chi connectivity index (χ1n) is 6.56. The van der Waals surface area contributed by atoms with Gasteiger partial charge in [0.15, 0.2) is 0 Å². The molecule has 1 aliphatic carbocycles. The lowest BCUT2D eigenvalue weighted by molar-refractivity contribution is -0.0291. The number of hydrogen-bond donors (Lipinski definition) is 2. The summed E-state index contributed by atoms with van der Waals surface area (Å²) >= 11 is 0. The summed E-state index contributed by atoms with van der Waals surface area (Å²) in [5, 5.41) is 0. The number of nitrogens with two attached hydrogens (primary N) is 1. The van der Waals surface area contributed by atoms with Crippen LogP contribution >= 0.6 is 0 Å². The lowest BCUT2D eigenvalue weighted by Crippen LogP contribution is -2.36. The SMILES string of the molecule is CCOC1CC(CC(NN)c2cccc(F)c2)C1. The summed E-state index contributed by atoms with van der Waals surface area (Å²) in [6.45, 7) is 2.80. The van der Waals surface area contributed by atoms with Gasteiger partial charge in [0.1, 0.15) is 5.82 Å². The molecule has 0 amide bonds. The van der Waals surface area contributed by atoms with Gasteiger partial charge in [-0.25, -0.2) is 4.39 Å². The average molecular weight is 252 g/mol. The van der Waals surface area contributed by atoms with Gasteiger partial charge in [-0.3, -0.25) is 11.3 Å². The van der Waals surface area contributed by atoms with Crippen molar-refractivity contribution in [2.75, 3.05) is 6.61 Å². The molecule has 1 atom stereocenters. The zero-order valence-corrected chi connectivity index (χ0v) is 10.7. The topological polar surface area (TPSA) is 47.3 Å². The lowest BCUT2D eigenvalue weighted by Gasteiger charge is -2.37. The van der Waals surface area contributed by atoms with Crippen LogP contribution in [0.2, 0.25) is 0 Å². The summed E-state index contributed by atoms with van der Waals surface area (Å²) in [7, 11) is 0. The van der Waals surface area contributed by atoms with Gasteiger partial charge in [-0.15, -0.1) is 0 Å². The van der Waals surface area contributed by atoms with Crippen molar-refractivity contribution in [3.8, 4) is 0 Å². The molecule has 1 aliphatic rings. The fraction of sp³-hybridized carbons (Fsp3) is 0.571. The smallest absolute Gasteiger partial charge is 0.123 e. The van der Waals surface area contributed by atoms with Crippen molar-refractivity contribution < 1.29 is 9.13 Å². The molecule has 1 aromatic carbocycles. The maximum Gasteiger partial charge on any atom is 0.123 e. The van der Waals surface area contributed by atoms with Crippen LogP contribution in [0.3, 0.4) is 0 Å². The predicted octanol–water partition coefficient (Wildman–Crippen LogP) is 2.54. The van der Waals surface area contributed by atoms with E-state index in [2.05, 4.69) is 5.43 Å². The molecule has 0 aromatic heterocycles. The van der Waals surface area contributed by atoms with Crippen molar-refractivity contribution in [3.05, 3.63) is 35.6 Å². The molecule has 0 bridgehead atoms. The minimum absolute atomic E-state index is 0.0216. The number of hydrogen-bond acceptors (Lipinski definition) is 3. The van der Waals surface area contributed by atoms with Crippen LogP contribution in [-0.4, -0.2) is 12.7 Å². The van der Waals surface area contributed by atoms with Crippen molar-refractivity contribution in [2.45, 2.75) is 38.3 Å². The van der Waals surface area contributed by atoms with Gasteiger partial charge in [0.05, 0.1) is 6.10 Å². The number of nitrogens with one attached hydrogen (secondary N) is 1. The molecular formula is C14H21FN2O. The van der Waals surface area contributed by atoms with Crippen molar-refractivity contribution in [3.63, 3.8) is 0 Å². The first kappa shape index (κ1) is 13.5. The highest BCUT2D eigenvalue weighted by molar-refractivity contribution is 5.20. The molecular weight excluding hydrogens is 231 g/mol.